The third kappa shape index (κ3) is 6.21. The molecular formula is C10H16N2OS. The van der Waals surface area contributed by atoms with Gasteiger partial charge in [0.15, 0.2) is 5.01 Å². The van der Waals surface area contributed by atoms with Gasteiger partial charge in [0.2, 0.25) is 0 Å². The number of carbonyl (C=O) groups is 1. The summed E-state index contributed by atoms with van der Waals surface area (Å²) in [5, 5.41) is 4.76. The van der Waals surface area contributed by atoms with Crippen molar-refractivity contribution >= 4 is 17.2 Å². The van der Waals surface area contributed by atoms with Gasteiger partial charge in [-0.25, -0.2) is 4.98 Å². The van der Waals surface area contributed by atoms with Crippen molar-refractivity contribution in [2.75, 3.05) is 7.05 Å². The van der Waals surface area contributed by atoms with Crippen molar-refractivity contribution in [2.24, 2.45) is 0 Å². The molecule has 1 N–H and O–H groups in total. The quantitative estimate of drug-likeness (QED) is 0.725. The average Bonchev–Trinajstić information content (AvgIpc) is 2.70. The molecule has 0 aliphatic carbocycles. The van der Waals surface area contributed by atoms with E-state index in [1.165, 1.54) is 11.3 Å². The summed E-state index contributed by atoms with van der Waals surface area (Å²) < 4.78 is 0. The van der Waals surface area contributed by atoms with Crippen LogP contribution in [0, 0.1) is 12.3 Å². The molecule has 1 aromatic heterocycles. The van der Waals surface area contributed by atoms with Crippen molar-refractivity contribution in [3.05, 3.63) is 16.6 Å². The van der Waals surface area contributed by atoms with Crippen LogP contribution in [0.25, 0.3) is 0 Å². The molecule has 0 spiro atoms. The van der Waals surface area contributed by atoms with Crippen LogP contribution in [0.4, 0.5) is 0 Å². The lowest BCUT2D eigenvalue weighted by Crippen LogP contribution is -2.17. The minimum Gasteiger partial charge on any atom is -0.353 e. The highest BCUT2D eigenvalue weighted by molar-refractivity contribution is 7.11. The summed E-state index contributed by atoms with van der Waals surface area (Å²) >= 11 is 1.33. The maximum Gasteiger partial charge on any atom is 0.280 e. The van der Waals surface area contributed by atoms with Crippen molar-refractivity contribution < 1.29 is 4.79 Å². The van der Waals surface area contributed by atoms with Gasteiger partial charge in [0.05, 0.1) is 0 Å². The molecule has 0 fully saturated rings. The van der Waals surface area contributed by atoms with Crippen LogP contribution >= 0.6 is 11.3 Å². The van der Waals surface area contributed by atoms with Crippen LogP contribution in [-0.4, -0.2) is 17.9 Å². The number of amides is 1. The highest BCUT2D eigenvalue weighted by Crippen LogP contribution is 2.01. The first-order valence-electron chi connectivity index (χ1n) is 3.81. The fraction of sp³-hybridized carbons (Fsp3) is 0.400. The molecule has 0 atom stereocenters. The van der Waals surface area contributed by atoms with Gasteiger partial charge in [-0.3, -0.25) is 4.79 Å². The Balaban J connectivity index is 0. The zero-order valence-electron chi connectivity index (χ0n) is 7.70. The Kier molecular flexibility index (Phi) is 10.5. The Bertz CT molecular complexity index is 275. The van der Waals surface area contributed by atoms with Crippen LogP contribution in [0.3, 0.4) is 0 Å². The van der Waals surface area contributed by atoms with Crippen LogP contribution in [0.2, 0.25) is 0 Å². The molecule has 1 amide bonds. The largest absolute Gasteiger partial charge is 0.353 e. The Morgan fingerprint density at radius 2 is 2.36 bits per heavy atom. The van der Waals surface area contributed by atoms with Crippen molar-refractivity contribution in [2.45, 2.75) is 20.8 Å². The van der Waals surface area contributed by atoms with E-state index < -0.39 is 0 Å². The van der Waals surface area contributed by atoms with Crippen molar-refractivity contribution in [3.63, 3.8) is 0 Å². The van der Waals surface area contributed by atoms with Gasteiger partial charge in [-0.15, -0.1) is 23.7 Å². The predicted octanol–water partition coefficient (Wildman–Crippen LogP) is 2.17. The molecule has 1 aromatic rings. The van der Waals surface area contributed by atoms with Crippen LogP contribution in [0.1, 0.15) is 30.6 Å². The van der Waals surface area contributed by atoms with Crippen LogP contribution in [-0.2, 0) is 0 Å². The number of hydrogen-bond acceptors (Lipinski definition) is 3. The highest BCUT2D eigenvalue weighted by Gasteiger charge is 2.02. The van der Waals surface area contributed by atoms with E-state index in [2.05, 4.69) is 16.2 Å². The molecule has 14 heavy (non-hydrogen) atoms. The number of aromatic nitrogens is 1. The molecule has 1 heterocycles. The second kappa shape index (κ2) is 9.75. The summed E-state index contributed by atoms with van der Waals surface area (Å²) in [5.74, 6) is 2.31. The topological polar surface area (TPSA) is 42.0 Å². The Morgan fingerprint density at radius 3 is 2.64 bits per heavy atom. The third-order valence-corrected chi connectivity index (χ3v) is 1.83. The molecule has 4 heteroatoms. The van der Waals surface area contributed by atoms with Gasteiger partial charge in [-0.1, -0.05) is 14.4 Å². The normalized spacial score (nSPS) is 7.21. The van der Waals surface area contributed by atoms with E-state index in [0.717, 1.165) is 6.42 Å². The second-order valence-electron chi connectivity index (χ2n) is 1.97. The molecule has 0 saturated heterocycles. The average molecular weight is 212 g/mol. The van der Waals surface area contributed by atoms with Crippen molar-refractivity contribution in [3.8, 4) is 12.3 Å². The number of thiazole rings is 1. The number of rotatable bonds is 1. The molecule has 0 radical (unpaired) electrons. The van der Waals surface area contributed by atoms with Crippen LogP contribution in [0.15, 0.2) is 11.6 Å². The Labute approximate surface area is 89.6 Å². The first kappa shape index (κ1) is 15.1. The zero-order chi connectivity index (χ0) is 10.1. The second-order valence-corrected chi connectivity index (χ2v) is 2.87. The summed E-state index contributed by atoms with van der Waals surface area (Å²) in [6.45, 7) is 1.94. The number of hydrogen-bond donors (Lipinski definition) is 1. The molecule has 0 aliphatic heterocycles. The molecule has 78 valence electrons. The fourth-order valence-electron chi connectivity index (χ4n) is 0.443. The predicted molar refractivity (Wildman–Crippen MR) is 61.4 cm³/mol. The summed E-state index contributed by atoms with van der Waals surface area (Å²) in [7, 11) is 1.59. The fourth-order valence-corrected chi connectivity index (χ4v) is 1.02. The summed E-state index contributed by atoms with van der Waals surface area (Å²) in [6.07, 6.45) is 7.23. The standard InChI is InChI=1S/C5H6N2OS.C4H6.CH4/c1-6-4(8)5-7-2-3-9-5;1-3-4-2;/h2-3H,1H3,(H,6,8);1H,4H2,2H3;1H4. The van der Waals surface area contributed by atoms with E-state index in [0.29, 0.717) is 5.01 Å². The van der Waals surface area contributed by atoms with E-state index in [1.807, 2.05) is 6.92 Å². The Hall–Kier alpha value is -1.34. The van der Waals surface area contributed by atoms with E-state index in [4.69, 9.17) is 6.42 Å². The molecule has 0 bridgehead atoms. The van der Waals surface area contributed by atoms with Gasteiger partial charge in [-0.05, 0) is 0 Å². The number of terminal acetylenes is 1. The minimum absolute atomic E-state index is 0. The van der Waals surface area contributed by atoms with E-state index in [1.54, 1.807) is 18.6 Å². The van der Waals surface area contributed by atoms with Crippen LogP contribution in [0.5, 0.6) is 0 Å². The van der Waals surface area contributed by atoms with E-state index in [-0.39, 0.29) is 13.3 Å². The van der Waals surface area contributed by atoms with Gasteiger partial charge < -0.3 is 5.32 Å². The molecule has 3 nitrogen and oxygen atoms in total. The molecule has 1 rings (SSSR count). The van der Waals surface area contributed by atoms with Crippen LogP contribution < -0.4 is 5.32 Å². The number of nitrogens with zero attached hydrogens (tertiary/aromatic N) is 1. The minimum atomic E-state index is -0.120. The molecule has 0 aromatic carbocycles. The monoisotopic (exact) mass is 212 g/mol. The molecule has 0 unspecified atom stereocenters. The van der Waals surface area contributed by atoms with Gasteiger partial charge >= 0.3 is 0 Å². The van der Waals surface area contributed by atoms with Gasteiger partial charge in [0, 0.05) is 25.0 Å². The first-order valence-corrected chi connectivity index (χ1v) is 4.69. The van der Waals surface area contributed by atoms with E-state index in [9.17, 15) is 4.79 Å². The maximum atomic E-state index is 10.7. The lowest BCUT2D eigenvalue weighted by Gasteiger charge is -1.89. The molecular weight excluding hydrogens is 196 g/mol. The molecule has 0 saturated carbocycles. The first-order chi connectivity index (χ1) is 6.26. The summed E-state index contributed by atoms with van der Waals surface area (Å²) in [5.41, 5.74) is 0. The SMILES string of the molecule is C.C#CCC.CNC(=O)c1nccs1. The third-order valence-electron chi connectivity index (χ3n) is 1.06. The van der Waals surface area contributed by atoms with Crippen molar-refractivity contribution in [1.82, 2.24) is 10.3 Å². The van der Waals surface area contributed by atoms with Crippen molar-refractivity contribution in [1.29, 1.82) is 0 Å². The zero-order valence-corrected chi connectivity index (χ0v) is 8.52. The van der Waals surface area contributed by atoms with Gasteiger partial charge in [0.1, 0.15) is 0 Å². The lowest BCUT2D eigenvalue weighted by atomic mass is 10.5. The maximum absolute atomic E-state index is 10.7. The molecule has 0 aliphatic rings. The van der Waals surface area contributed by atoms with E-state index >= 15 is 0 Å². The number of carbonyl (C=O) groups excluding carboxylic acids is 1. The summed E-state index contributed by atoms with van der Waals surface area (Å²) in [4.78, 5) is 14.5. The van der Waals surface area contributed by atoms with Gasteiger partial charge in [0.25, 0.3) is 5.91 Å². The number of nitrogens with one attached hydrogen (secondary N) is 1. The lowest BCUT2D eigenvalue weighted by molar-refractivity contribution is 0.0962. The summed E-state index contributed by atoms with van der Waals surface area (Å²) in [6, 6.07) is 0. The van der Waals surface area contributed by atoms with Gasteiger partial charge in [-0.2, -0.15) is 0 Å². The Morgan fingerprint density at radius 1 is 1.79 bits per heavy atom. The smallest absolute Gasteiger partial charge is 0.280 e. The highest BCUT2D eigenvalue weighted by atomic mass is 32.1.